The van der Waals surface area contributed by atoms with Gasteiger partial charge in [-0.1, -0.05) is 19.1 Å². The summed E-state index contributed by atoms with van der Waals surface area (Å²) in [6.07, 6.45) is 2.48. The van der Waals surface area contributed by atoms with E-state index >= 15 is 0 Å². The minimum absolute atomic E-state index is 0.0107. The first-order chi connectivity index (χ1) is 9.69. The van der Waals surface area contributed by atoms with Gasteiger partial charge in [-0.15, -0.1) is 0 Å². The molecule has 1 aromatic heterocycles. The summed E-state index contributed by atoms with van der Waals surface area (Å²) < 4.78 is 7.45. The molecule has 0 saturated heterocycles. The number of aryl methyl sites for hydroxylation is 1. The quantitative estimate of drug-likeness (QED) is 0.835. The Labute approximate surface area is 117 Å². The largest absolute Gasteiger partial charge is 0.486 e. The van der Waals surface area contributed by atoms with Gasteiger partial charge >= 0.3 is 5.97 Å². The number of carbonyl (C=O) groups is 1. The van der Waals surface area contributed by atoms with Gasteiger partial charge in [-0.2, -0.15) is 5.10 Å². The summed E-state index contributed by atoms with van der Waals surface area (Å²) in [5.41, 5.74) is 0.713. The van der Waals surface area contributed by atoms with E-state index in [1.54, 1.807) is 28.9 Å². The highest BCUT2D eigenvalue weighted by atomic mass is 16.5. The Balaban J connectivity index is 1.99. The van der Waals surface area contributed by atoms with Crippen molar-refractivity contribution in [1.29, 1.82) is 0 Å². The summed E-state index contributed by atoms with van der Waals surface area (Å²) in [5.74, 6) is 0.537. The molecular formula is C14H17N3O3. The van der Waals surface area contributed by atoms with Crippen LogP contribution in [-0.4, -0.2) is 25.8 Å². The molecule has 20 heavy (non-hydrogen) atoms. The topological polar surface area (TPSA) is 77.2 Å². The normalized spacial score (nSPS) is 10.4. The van der Waals surface area contributed by atoms with Gasteiger partial charge in [0, 0.05) is 6.54 Å². The number of carboxylic acids is 1. The molecule has 1 aromatic carbocycles. The lowest BCUT2D eigenvalue weighted by Gasteiger charge is -2.08. The van der Waals surface area contributed by atoms with Gasteiger partial charge in [-0.3, -0.25) is 4.79 Å². The van der Waals surface area contributed by atoms with Gasteiger partial charge in [0.1, 0.15) is 18.7 Å². The second-order valence-corrected chi connectivity index (χ2v) is 4.41. The number of hydrogen-bond donors (Lipinski definition) is 1. The van der Waals surface area contributed by atoms with E-state index in [4.69, 9.17) is 9.84 Å². The van der Waals surface area contributed by atoms with Crippen LogP contribution < -0.4 is 4.74 Å². The van der Waals surface area contributed by atoms with Gasteiger partial charge in [0.2, 0.25) is 0 Å². The molecule has 1 heterocycles. The monoisotopic (exact) mass is 275 g/mol. The van der Waals surface area contributed by atoms with Crippen LogP contribution in [0.25, 0.3) is 0 Å². The molecule has 0 atom stereocenters. The van der Waals surface area contributed by atoms with Crippen molar-refractivity contribution in [3.8, 4) is 5.75 Å². The Kier molecular flexibility index (Phi) is 4.70. The molecule has 106 valence electrons. The van der Waals surface area contributed by atoms with E-state index in [9.17, 15) is 4.79 Å². The fourth-order valence-electron chi connectivity index (χ4n) is 1.87. The van der Waals surface area contributed by atoms with E-state index in [2.05, 4.69) is 17.0 Å². The molecule has 6 heteroatoms. The predicted molar refractivity (Wildman–Crippen MR) is 72.4 cm³/mol. The summed E-state index contributed by atoms with van der Waals surface area (Å²) in [4.78, 5) is 14.8. The van der Waals surface area contributed by atoms with E-state index in [0.717, 1.165) is 18.8 Å². The van der Waals surface area contributed by atoms with Gasteiger partial charge in [-0.25, -0.2) is 9.67 Å². The van der Waals surface area contributed by atoms with Crippen LogP contribution in [0.3, 0.4) is 0 Å². The Morgan fingerprint density at radius 3 is 3.05 bits per heavy atom. The number of ether oxygens (including phenoxy) is 1. The lowest BCUT2D eigenvalue weighted by Crippen LogP contribution is -2.08. The highest BCUT2D eigenvalue weighted by Crippen LogP contribution is 2.15. The van der Waals surface area contributed by atoms with Crippen LogP contribution in [0.4, 0.5) is 0 Å². The fraction of sp³-hybridized carbons (Fsp3) is 0.357. The first kappa shape index (κ1) is 14.0. The van der Waals surface area contributed by atoms with Crippen LogP contribution in [0.15, 0.2) is 30.6 Å². The molecule has 0 aliphatic carbocycles. The summed E-state index contributed by atoms with van der Waals surface area (Å²) in [7, 11) is 0. The number of benzene rings is 1. The minimum Gasteiger partial charge on any atom is -0.486 e. The maximum atomic E-state index is 10.7. The second-order valence-electron chi connectivity index (χ2n) is 4.41. The number of carboxylic acid groups (broad SMARTS) is 1. The third kappa shape index (κ3) is 3.81. The van der Waals surface area contributed by atoms with Crippen molar-refractivity contribution in [2.45, 2.75) is 32.9 Å². The zero-order valence-corrected chi connectivity index (χ0v) is 11.3. The highest BCUT2D eigenvalue weighted by Gasteiger charge is 2.06. The van der Waals surface area contributed by atoms with Crippen LogP contribution in [0.5, 0.6) is 5.75 Å². The van der Waals surface area contributed by atoms with Gasteiger partial charge in [0.25, 0.3) is 0 Å². The average molecular weight is 275 g/mol. The van der Waals surface area contributed by atoms with Crippen molar-refractivity contribution in [2.75, 3.05) is 0 Å². The van der Waals surface area contributed by atoms with Crippen LogP contribution in [0.1, 0.15) is 24.7 Å². The Bertz CT molecular complexity index is 581. The maximum Gasteiger partial charge on any atom is 0.307 e. The van der Waals surface area contributed by atoms with E-state index in [-0.39, 0.29) is 6.42 Å². The van der Waals surface area contributed by atoms with E-state index in [0.29, 0.717) is 17.9 Å². The average Bonchev–Trinajstić information content (AvgIpc) is 2.84. The third-order valence-corrected chi connectivity index (χ3v) is 2.75. The summed E-state index contributed by atoms with van der Waals surface area (Å²) >= 11 is 0. The first-order valence-electron chi connectivity index (χ1n) is 6.49. The van der Waals surface area contributed by atoms with Gasteiger partial charge in [0.05, 0.1) is 6.42 Å². The van der Waals surface area contributed by atoms with Gasteiger partial charge in [-0.05, 0) is 24.1 Å². The van der Waals surface area contributed by atoms with Gasteiger partial charge in [0.15, 0.2) is 5.82 Å². The predicted octanol–water partition coefficient (Wildman–Crippen LogP) is 1.89. The minimum atomic E-state index is -0.857. The molecule has 0 saturated carbocycles. The van der Waals surface area contributed by atoms with Crippen LogP contribution in [0, 0.1) is 0 Å². The van der Waals surface area contributed by atoms with E-state index in [1.807, 2.05) is 0 Å². The van der Waals surface area contributed by atoms with Crippen LogP contribution in [-0.2, 0) is 24.4 Å². The summed E-state index contributed by atoms with van der Waals surface area (Å²) in [5, 5.41) is 12.9. The van der Waals surface area contributed by atoms with Gasteiger partial charge < -0.3 is 9.84 Å². The highest BCUT2D eigenvalue weighted by molar-refractivity contribution is 5.70. The molecule has 0 bridgehead atoms. The van der Waals surface area contributed by atoms with Crippen molar-refractivity contribution in [3.63, 3.8) is 0 Å². The summed E-state index contributed by atoms with van der Waals surface area (Å²) in [6.45, 7) is 3.19. The summed E-state index contributed by atoms with van der Waals surface area (Å²) in [6, 6.07) is 7.07. The Hall–Kier alpha value is -2.37. The fourth-order valence-corrected chi connectivity index (χ4v) is 1.87. The molecule has 6 nitrogen and oxygen atoms in total. The molecule has 0 unspecified atom stereocenters. The first-order valence-corrected chi connectivity index (χ1v) is 6.49. The SMILES string of the molecule is CCCn1ncnc1COc1cccc(CC(=O)O)c1. The molecule has 0 spiro atoms. The second kappa shape index (κ2) is 6.70. The molecular weight excluding hydrogens is 258 g/mol. The maximum absolute atomic E-state index is 10.7. The molecule has 0 aliphatic heterocycles. The van der Waals surface area contributed by atoms with E-state index in [1.165, 1.54) is 6.33 Å². The number of rotatable bonds is 7. The number of aliphatic carboxylic acids is 1. The molecule has 0 fully saturated rings. The molecule has 2 rings (SSSR count). The molecule has 2 aromatic rings. The number of nitrogens with zero attached hydrogens (tertiary/aromatic N) is 3. The zero-order chi connectivity index (χ0) is 14.4. The number of aromatic nitrogens is 3. The van der Waals surface area contributed by atoms with Crippen LogP contribution >= 0.6 is 0 Å². The van der Waals surface area contributed by atoms with Crippen molar-refractivity contribution in [1.82, 2.24) is 14.8 Å². The van der Waals surface area contributed by atoms with Crippen molar-refractivity contribution >= 4 is 5.97 Å². The zero-order valence-electron chi connectivity index (χ0n) is 11.3. The Morgan fingerprint density at radius 1 is 1.45 bits per heavy atom. The van der Waals surface area contributed by atoms with Crippen molar-refractivity contribution < 1.29 is 14.6 Å². The van der Waals surface area contributed by atoms with Crippen molar-refractivity contribution in [3.05, 3.63) is 42.0 Å². The third-order valence-electron chi connectivity index (χ3n) is 2.75. The lowest BCUT2D eigenvalue weighted by atomic mass is 10.1. The smallest absolute Gasteiger partial charge is 0.307 e. The molecule has 0 amide bonds. The lowest BCUT2D eigenvalue weighted by molar-refractivity contribution is -0.136. The number of hydrogen-bond acceptors (Lipinski definition) is 4. The molecule has 0 radical (unpaired) electrons. The Morgan fingerprint density at radius 2 is 2.30 bits per heavy atom. The standard InChI is InChI=1S/C14H17N3O3/c1-2-6-17-13(15-10-16-17)9-20-12-5-3-4-11(7-12)8-14(18)19/h3-5,7,10H,2,6,8-9H2,1H3,(H,18,19). The van der Waals surface area contributed by atoms with Crippen LogP contribution in [0.2, 0.25) is 0 Å². The molecule has 0 aliphatic rings. The van der Waals surface area contributed by atoms with Crippen molar-refractivity contribution in [2.24, 2.45) is 0 Å². The van der Waals surface area contributed by atoms with E-state index < -0.39 is 5.97 Å². The molecule has 1 N–H and O–H groups in total.